The average molecular weight is 302 g/mol. The number of nitrogens with zero attached hydrogens (tertiary/aromatic N) is 1. The van der Waals surface area contributed by atoms with Crippen LogP contribution in [0.25, 0.3) is 0 Å². The van der Waals surface area contributed by atoms with Crippen LogP contribution in [0.4, 0.5) is 5.69 Å². The van der Waals surface area contributed by atoms with Gasteiger partial charge in [0, 0.05) is 25.2 Å². The highest BCUT2D eigenvalue weighted by molar-refractivity contribution is 5.94. The summed E-state index contributed by atoms with van der Waals surface area (Å²) < 4.78 is 5.59. The van der Waals surface area contributed by atoms with E-state index in [4.69, 9.17) is 4.74 Å². The summed E-state index contributed by atoms with van der Waals surface area (Å²) in [6.07, 6.45) is 1.18. The van der Waals surface area contributed by atoms with Gasteiger partial charge in [0.05, 0.1) is 0 Å². The minimum Gasteiger partial charge on any atom is -0.484 e. The molecule has 0 saturated heterocycles. The molecule has 5 nitrogen and oxygen atoms in total. The normalized spacial score (nSPS) is 13.1. The molecule has 1 aromatic carbocycles. The molecule has 1 N–H and O–H groups in total. The van der Waals surface area contributed by atoms with Gasteiger partial charge in [0.1, 0.15) is 5.75 Å². The molecule has 0 unspecified atom stereocenters. The van der Waals surface area contributed by atoms with Crippen molar-refractivity contribution in [2.75, 3.05) is 25.0 Å². The molecular formula is C17H22N2O3. The fraction of sp³-hybridized carbons (Fsp3) is 0.412. The van der Waals surface area contributed by atoms with Gasteiger partial charge in [-0.3, -0.25) is 9.59 Å². The van der Waals surface area contributed by atoms with Crippen molar-refractivity contribution in [1.29, 1.82) is 0 Å². The second-order valence-electron chi connectivity index (χ2n) is 5.52. The number of aryl methyl sites for hydroxylation is 1. The molecule has 0 spiro atoms. The summed E-state index contributed by atoms with van der Waals surface area (Å²) in [5, 5.41) is 2.82. The molecule has 2 amide bonds. The Morgan fingerprint density at radius 1 is 1.41 bits per heavy atom. The molecule has 1 aliphatic rings. The van der Waals surface area contributed by atoms with Gasteiger partial charge < -0.3 is 15.0 Å². The number of carbonyl (C=O) groups excluding carboxylic acids is 2. The van der Waals surface area contributed by atoms with Crippen LogP contribution in [0.15, 0.2) is 30.4 Å². The van der Waals surface area contributed by atoms with Crippen molar-refractivity contribution < 1.29 is 14.3 Å². The number of carbonyl (C=O) groups is 2. The third kappa shape index (κ3) is 4.10. The zero-order valence-corrected chi connectivity index (χ0v) is 13.1. The minimum absolute atomic E-state index is 0.00622. The molecule has 118 valence electrons. The number of nitrogens with one attached hydrogen (secondary N) is 1. The summed E-state index contributed by atoms with van der Waals surface area (Å²) in [6.45, 7) is 8.85. The van der Waals surface area contributed by atoms with Crippen LogP contribution in [0, 0.1) is 0 Å². The molecule has 22 heavy (non-hydrogen) atoms. The zero-order chi connectivity index (χ0) is 16.1. The Morgan fingerprint density at radius 3 is 2.86 bits per heavy atom. The summed E-state index contributed by atoms with van der Waals surface area (Å²) in [5.74, 6) is 0.626. The Morgan fingerprint density at radius 2 is 2.18 bits per heavy atom. The predicted molar refractivity (Wildman–Crippen MR) is 86.0 cm³/mol. The van der Waals surface area contributed by atoms with Gasteiger partial charge in [-0.15, -0.1) is 0 Å². The van der Waals surface area contributed by atoms with E-state index in [2.05, 4.69) is 11.9 Å². The van der Waals surface area contributed by atoms with Crippen LogP contribution in [0.5, 0.6) is 5.75 Å². The van der Waals surface area contributed by atoms with E-state index >= 15 is 0 Å². The van der Waals surface area contributed by atoms with Crippen LogP contribution in [0.2, 0.25) is 0 Å². The Labute approximate surface area is 130 Å². The molecule has 1 aliphatic heterocycles. The second kappa shape index (κ2) is 7.11. The zero-order valence-electron chi connectivity index (χ0n) is 13.1. The lowest BCUT2D eigenvalue weighted by atomic mass is 10.0. The van der Waals surface area contributed by atoms with Crippen molar-refractivity contribution in [2.45, 2.75) is 26.7 Å². The van der Waals surface area contributed by atoms with Crippen LogP contribution in [-0.2, 0) is 16.0 Å². The molecule has 0 fully saturated rings. The molecule has 0 aromatic heterocycles. The number of amides is 2. The number of rotatable bonds is 6. The summed E-state index contributed by atoms with van der Waals surface area (Å²) in [6, 6.07) is 5.47. The van der Waals surface area contributed by atoms with Gasteiger partial charge in [-0.25, -0.2) is 0 Å². The number of hydrogen-bond acceptors (Lipinski definition) is 3. The monoisotopic (exact) mass is 302 g/mol. The minimum atomic E-state index is -0.0588. The molecule has 1 aromatic rings. The highest BCUT2D eigenvalue weighted by Gasteiger charge is 2.16. The van der Waals surface area contributed by atoms with E-state index in [1.165, 1.54) is 0 Å². The average Bonchev–Trinajstić information content (AvgIpc) is 2.49. The van der Waals surface area contributed by atoms with Crippen molar-refractivity contribution in [3.05, 3.63) is 35.9 Å². The topological polar surface area (TPSA) is 58.6 Å². The van der Waals surface area contributed by atoms with E-state index in [-0.39, 0.29) is 18.4 Å². The fourth-order valence-corrected chi connectivity index (χ4v) is 2.39. The SMILES string of the molecule is C=C(C)CN(CC)C(=O)COc1ccc2c(c1)CCC(=O)N2. The van der Waals surface area contributed by atoms with E-state index in [0.29, 0.717) is 31.7 Å². The number of hydrogen-bond donors (Lipinski definition) is 1. The maximum absolute atomic E-state index is 12.1. The van der Waals surface area contributed by atoms with Gasteiger partial charge in [0.25, 0.3) is 5.91 Å². The van der Waals surface area contributed by atoms with Gasteiger partial charge in [0.15, 0.2) is 6.61 Å². The standard InChI is InChI=1S/C17H22N2O3/c1-4-19(10-12(2)3)17(21)11-22-14-6-7-15-13(9-14)5-8-16(20)18-15/h6-7,9H,2,4-5,8,10-11H2,1,3H3,(H,18,20). The van der Waals surface area contributed by atoms with Crippen molar-refractivity contribution in [2.24, 2.45) is 0 Å². The summed E-state index contributed by atoms with van der Waals surface area (Å²) in [4.78, 5) is 25.1. The Bertz CT molecular complexity index is 596. The predicted octanol–water partition coefficient (Wildman–Crippen LogP) is 2.37. The maximum atomic E-state index is 12.1. The quantitative estimate of drug-likeness (QED) is 0.821. The van der Waals surface area contributed by atoms with Crippen molar-refractivity contribution in [3.8, 4) is 5.75 Å². The summed E-state index contributed by atoms with van der Waals surface area (Å²) >= 11 is 0. The second-order valence-corrected chi connectivity index (χ2v) is 5.52. The highest BCUT2D eigenvalue weighted by Crippen LogP contribution is 2.26. The first-order valence-corrected chi connectivity index (χ1v) is 7.47. The molecule has 0 saturated carbocycles. The lowest BCUT2D eigenvalue weighted by Crippen LogP contribution is -2.35. The number of anilines is 1. The van der Waals surface area contributed by atoms with Gasteiger partial charge in [0.2, 0.25) is 5.91 Å². The van der Waals surface area contributed by atoms with Gasteiger partial charge >= 0.3 is 0 Å². The number of fused-ring (bicyclic) bond motifs is 1. The van der Waals surface area contributed by atoms with Crippen LogP contribution in [0.3, 0.4) is 0 Å². The van der Waals surface area contributed by atoms with Gasteiger partial charge in [-0.2, -0.15) is 0 Å². The fourth-order valence-electron chi connectivity index (χ4n) is 2.39. The van der Waals surface area contributed by atoms with E-state index in [1.54, 1.807) is 11.0 Å². The molecule has 2 rings (SSSR count). The van der Waals surface area contributed by atoms with Crippen LogP contribution in [-0.4, -0.2) is 36.4 Å². The maximum Gasteiger partial charge on any atom is 0.260 e. The van der Waals surface area contributed by atoms with E-state index < -0.39 is 0 Å². The Hall–Kier alpha value is -2.30. The van der Waals surface area contributed by atoms with E-state index in [9.17, 15) is 9.59 Å². The third-order valence-electron chi connectivity index (χ3n) is 3.53. The number of likely N-dealkylation sites (N-methyl/N-ethyl adjacent to an activating group) is 1. The molecule has 5 heteroatoms. The first-order chi connectivity index (χ1) is 10.5. The molecule has 0 bridgehead atoms. The van der Waals surface area contributed by atoms with Crippen molar-refractivity contribution in [1.82, 2.24) is 4.90 Å². The molecular weight excluding hydrogens is 280 g/mol. The molecule has 0 aliphatic carbocycles. The first kappa shape index (κ1) is 16.1. The number of ether oxygens (including phenoxy) is 1. The van der Waals surface area contributed by atoms with Crippen LogP contribution >= 0.6 is 0 Å². The Balaban J connectivity index is 1.95. The van der Waals surface area contributed by atoms with Crippen molar-refractivity contribution in [3.63, 3.8) is 0 Å². The van der Waals surface area contributed by atoms with E-state index in [0.717, 1.165) is 16.8 Å². The third-order valence-corrected chi connectivity index (χ3v) is 3.53. The molecule has 0 radical (unpaired) electrons. The van der Waals surface area contributed by atoms with Crippen LogP contribution in [0.1, 0.15) is 25.8 Å². The van der Waals surface area contributed by atoms with Crippen molar-refractivity contribution >= 4 is 17.5 Å². The van der Waals surface area contributed by atoms with Gasteiger partial charge in [-0.1, -0.05) is 12.2 Å². The summed E-state index contributed by atoms with van der Waals surface area (Å²) in [5.41, 5.74) is 2.81. The van der Waals surface area contributed by atoms with Gasteiger partial charge in [-0.05, 0) is 44.0 Å². The molecule has 1 heterocycles. The largest absolute Gasteiger partial charge is 0.484 e. The lowest BCUT2D eigenvalue weighted by molar-refractivity contribution is -0.132. The molecule has 0 atom stereocenters. The van der Waals surface area contributed by atoms with Crippen LogP contribution < -0.4 is 10.1 Å². The smallest absolute Gasteiger partial charge is 0.260 e. The van der Waals surface area contributed by atoms with E-state index in [1.807, 2.05) is 26.0 Å². The number of benzene rings is 1. The highest BCUT2D eigenvalue weighted by atomic mass is 16.5. The first-order valence-electron chi connectivity index (χ1n) is 7.47. The summed E-state index contributed by atoms with van der Waals surface area (Å²) in [7, 11) is 0. The lowest BCUT2D eigenvalue weighted by Gasteiger charge is -2.21. The Kier molecular flexibility index (Phi) is 5.20.